The van der Waals surface area contributed by atoms with Gasteiger partial charge in [0.15, 0.2) is 28.6 Å². The monoisotopic (exact) mass is 1270 g/mol. The van der Waals surface area contributed by atoms with E-state index in [1.54, 1.807) is 0 Å². The van der Waals surface area contributed by atoms with Gasteiger partial charge >= 0.3 is 12.2 Å². The lowest BCUT2D eigenvalue weighted by atomic mass is 9.72. The number of Topliss-reactive ketones (excluding diaryl/α,β-unsaturated/α-hetero) is 1. The number of phenolic OH excluding ortho intramolecular Hbond substituents is 2. The van der Waals surface area contributed by atoms with Crippen LogP contribution in [0.2, 0.25) is 0 Å². The molecule has 3 aliphatic rings. The number of aliphatic hydroxyl groups excluding tert-OH is 2. The smallest absolute Gasteiger partial charge is 0.414 e. The van der Waals surface area contributed by atoms with Crippen molar-refractivity contribution in [3.8, 4) is 39.1 Å². The Bertz CT molecular complexity index is 3780. The van der Waals surface area contributed by atoms with Crippen molar-refractivity contribution in [2.75, 3.05) is 48.5 Å². The number of nitrogens with one attached hydrogen (secondary N) is 3. The highest BCUT2D eigenvalue weighted by atomic mass is 33.1. The highest BCUT2D eigenvalue weighted by Crippen LogP contribution is 2.53. The molecular formula is C56H55F3N6O17S4. The number of ketones is 3. The Morgan fingerprint density at radius 1 is 0.884 bits per heavy atom. The fourth-order valence-corrected chi connectivity index (χ4v) is 13.9. The molecule has 0 bridgehead atoms. The van der Waals surface area contributed by atoms with Gasteiger partial charge in [0, 0.05) is 64.6 Å². The number of hydrogen-bond donors (Lipinski definition) is 8. The Morgan fingerprint density at radius 2 is 1.53 bits per heavy atom. The quantitative estimate of drug-likeness (QED) is 0.0221. The minimum absolute atomic E-state index is 0.0222. The lowest BCUT2D eigenvalue weighted by Crippen LogP contribution is -2.56. The maximum Gasteiger partial charge on any atom is 0.414 e. The molecule has 456 valence electrons. The number of thiazole rings is 1. The zero-order valence-electron chi connectivity index (χ0n) is 46.1. The summed E-state index contributed by atoms with van der Waals surface area (Å²) in [5.74, 6) is -7.84. The number of carbonyl (C=O) groups excluding carboxylic acids is 5. The molecule has 6 atom stereocenters. The molecule has 1 aliphatic heterocycles. The highest BCUT2D eigenvalue weighted by Gasteiger charge is 2.50. The van der Waals surface area contributed by atoms with Crippen LogP contribution in [-0.2, 0) is 45.6 Å². The van der Waals surface area contributed by atoms with Gasteiger partial charge in [-0.2, -0.15) is 0 Å². The number of hydrogen-bond acceptors (Lipinski definition) is 23. The number of sulfonamides is 1. The molecule has 1 fully saturated rings. The number of anilines is 2. The number of aliphatic hydroxyl groups is 3. The van der Waals surface area contributed by atoms with Crippen molar-refractivity contribution >= 4 is 84.1 Å². The summed E-state index contributed by atoms with van der Waals surface area (Å²) in [5.41, 5.74) is -5.49. The van der Waals surface area contributed by atoms with E-state index >= 15 is 4.39 Å². The van der Waals surface area contributed by atoms with Gasteiger partial charge in [0.25, 0.3) is 10.0 Å². The standard InChI is InChI=1S/C56H55F3N6O17S4/c1-25-44(68)33(21-37(81-25)82-35-23-56(75,36(67)24-66)22-28-39(35)48(72)41-40(46(28)70)45(69)26-9-7-14-34(78-5)38(26)47(41)71)62-53(73)79-17-19-83-84-20-18-80-54(74)64-52-60-16-15-32(61-52)49-43(63-51(85-49)55(2,3)4)27-10-6-13-31(42(27)59)65-86(76,77)50-29(57)11-8-12-30(50)58/h6-16,25,33,35,37,44,65-66,68,70,72,75H,17-24H2,1-5H3,(H,62,73)(H,60,61,64,74)/t25?,33?,35-,37?,44?,56-/m0/s1. The lowest BCUT2D eigenvalue weighted by Gasteiger charge is -2.42. The third-order valence-corrected chi connectivity index (χ3v) is 19.3. The number of fused-ring (bicyclic) bond motifs is 3. The van der Waals surface area contributed by atoms with Crippen LogP contribution in [0.25, 0.3) is 21.8 Å². The first kappa shape index (κ1) is 63.1. The van der Waals surface area contributed by atoms with E-state index in [1.165, 1.54) is 78.2 Å². The molecule has 2 aromatic heterocycles. The summed E-state index contributed by atoms with van der Waals surface area (Å²) < 4.78 is 102. The molecule has 0 radical (unpaired) electrons. The first-order valence-corrected chi connectivity index (χ1v) is 31.0. The molecule has 4 unspecified atom stereocenters. The fourth-order valence-electron chi connectivity index (χ4n) is 9.90. The molecule has 2 amide bonds. The first-order chi connectivity index (χ1) is 40.8. The van der Waals surface area contributed by atoms with Gasteiger partial charge in [0.1, 0.15) is 60.4 Å². The van der Waals surface area contributed by atoms with Crippen LogP contribution in [0, 0.1) is 17.5 Å². The van der Waals surface area contributed by atoms with Crippen LogP contribution in [0.1, 0.15) is 94.6 Å². The number of aromatic hydroxyl groups is 2. The second-order valence-electron chi connectivity index (χ2n) is 20.8. The molecule has 9 rings (SSSR count). The zero-order valence-corrected chi connectivity index (χ0v) is 49.4. The van der Waals surface area contributed by atoms with Crippen LogP contribution >= 0.6 is 32.9 Å². The Balaban J connectivity index is 0.768. The number of methoxy groups -OCH3 is 1. The molecular weight excluding hydrogens is 1210 g/mol. The number of rotatable bonds is 19. The van der Waals surface area contributed by atoms with Crippen LogP contribution in [0.15, 0.2) is 71.8 Å². The van der Waals surface area contributed by atoms with Crippen molar-refractivity contribution in [1.29, 1.82) is 0 Å². The van der Waals surface area contributed by atoms with Crippen LogP contribution in [0.3, 0.4) is 0 Å². The van der Waals surface area contributed by atoms with Gasteiger partial charge < -0.3 is 54.5 Å². The lowest BCUT2D eigenvalue weighted by molar-refractivity contribution is -0.249. The number of aromatic nitrogens is 3. The predicted octanol–water partition coefficient (Wildman–Crippen LogP) is 7.50. The van der Waals surface area contributed by atoms with Crippen molar-refractivity contribution < 1.29 is 94.8 Å². The van der Waals surface area contributed by atoms with Gasteiger partial charge in [0.2, 0.25) is 11.7 Å². The number of alkyl carbamates (subject to hydrolysis) is 1. The molecule has 30 heteroatoms. The molecule has 4 aromatic carbocycles. The second kappa shape index (κ2) is 25.5. The Morgan fingerprint density at radius 3 is 2.21 bits per heavy atom. The number of halogens is 3. The molecule has 1 saturated heterocycles. The van der Waals surface area contributed by atoms with Crippen molar-refractivity contribution in [2.24, 2.45) is 0 Å². The summed E-state index contributed by atoms with van der Waals surface area (Å²) in [6.07, 6.45) is -7.32. The van der Waals surface area contributed by atoms with E-state index in [2.05, 4.69) is 25.6 Å². The minimum Gasteiger partial charge on any atom is -0.507 e. The van der Waals surface area contributed by atoms with Crippen LogP contribution < -0.4 is 20.1 Å². The van der Waals surface area contributed by atoms with E-state index < -0.39 is 151 Å². The third-order valence-electron chi connectivity index (χ3n) is 14.0. The van der Waals surface area contributed by atoms with Gasteiger partial charge in [0.05, 0.1) is 69.0 Å². The van der Waals surface area contributed by atoms with E-state index in [1.807, 2.05) is 25.5 Å². The van der Waals surface area contributed by atoms with Gasteiger partial charge in [-0.25, -0.2) is 46.1 Å². The minimum atomic E-state index is -4.94. The van der Waals surface area contributed by atoms with E-state index in [0.717, 1.165) is 35.6 Å². The van der Waals surface area contributed by atoms with Gasteiger partial charge in [-0.05, 0) is 43.3 Å². The molecule has 0 saturated carbocycles. The number of benzene rings is 4. The molecule has 6 aromatic rings. The summed E-state index contributed by atoms with van der Waals surface area (Å²) in [6, 6.07) is 10.9. The van der Waals surface area contributed by atoms with E-state index in [4.69, 9.17) is 23.7 Å². The summed E-state index contributed by atoms with van der Waals surface area (Å²) >= 11 is 1.16. The maximum absolute atomic E-state index is 16.3. The fraction of sp³-hybridized carbons (Fsp3) is 0.357. The molecule has 8 N–H and O–H groups in total. The average Bonchev–Trinajstić information content (AvgIpc) is 0.847. The Kier molecular flexibility index (Phi) is 18.7. The number of carbonyl (C=O) groups is 5. The Labute approximate surface area is 500 Å². The molecule has 2 aliphatic carbocycles. The number of nitrogens with zero attached hydrogens (tertiary/aromatic N) is 3. The van der Waals surface area contributed by atoms with Crippen LogP contribution in [0.5, 0.6) is 17.2 Å². The summed E-state index contributed by atoms with van der Waals surface area (Å²) in [4.78, 5) is 79.1. The number of ether oxygens (including phenoxy) is 5. The second-order valence-corrected chi connectivity index (χ2v) is 26.1. The van der Waals surface area contributed by atoms with E-state index in [0.29, 0.717) is 9.88 Å². The SMILES string of the molecule is COc1cccc2c1C(=O)c1c(O)c3c(c(O)c1C2=O)C[C@@](O)(C(=O)CO)C[C@@H]3OC1CC(NC(=O)OCCSSCCOC(=O)Nc2nccc(-c3sc(C(C)(C)C)nc3-c3cccc(NS(=O)(=O)c4c(F)cccc4F)c3F)n2)C(O)C(C)O1. The topological polar surface area (TPSA) is 342 Å². The Hall–Kier alpha value is -7.42. The van der Waals surface area contributed by atoms with Crippen molar-refractivity contribution in [1.82, 2.24) is 20.3 Å². The largest absolute Gasteiger partial charge is 0.507 e. The van der Waals surface area contributed by atoms with Crippen molar-refractivity contribution in [2.45, 2.75) is 93.5 Å². The van der Waals surface area contributed by atoms with E-state index in [-0.39, 0.29) is 82.0 Å². The van der Waals surface area contributed by atoms with Crippen LogP contribution in [0.4, 0.5) is 34.4 Å². The predicted molar refractivity (Wildman–Crippen MR) is 306 cm³/mol. The molecule has 3 heterocycles. The van der Waals surface area contributed by atoms with Crippen LogP contribution in [-0.4, -0.2) is 147 Å². The summed E-state index contributed by atoms with van der Waals surface area (Å²) in [5, 5.41) is 61.6. The normalized spacial score (nSPS) is 20.1. The first-order valence-electron chi connectivity index (χ1n) is 26.2. The van der Waals surface area contributed by atoms with Crippen molar-refractivity contribution in [3.63, 3.8) is 0 Å². The average molecular weight is 1270 g/mol. The highest BCUT2D eigenvalue weighted by molar-refractivity contribution is 8.76. The molecule has 86 heavy (non-hydrogen) atoms. The van der Waals surface area contributed by atoms with Gasteiger partial charge in [-0.1, -0.05) is 66.6 Å². The van der Waals surface area contributed by atoms with Gasteiger partial charge in [-0.3, -0.25) is 24.4 Å². The third kappa shape index (κ3) is 12.8. The number of amides is 2. The van der Waals surface area contributed by atoms with E-state index in [9.17, 15) is 66.7 Å². The maximum atomic E-state index is 16.3. The summed E-state index contributed by atoms with van der Waals surface area (Å²) in [6.45, 7) is 5.76. The molecule has 23 nitrogen and oxygen atoms in total. The van der Waals surface area contributed by atoms with Gasteiger partial charge in [-0.15, -0.1) is 11.3 Å². The summed E-state index contributed by atoms with van der Waals surface area (Å²) in [7, 11) is -1.10. The molecule has 0 spiro atoms. The number of phenols is 2. The van der Waals surface area contributed by atoms with Crippen molar-refractivity contribution in [3.05, 3.63) is 123 Å². The zero-order chi connectivity index (χ0) is 62.2.